The molecule has 27 heavy (non-hydrogen) atoms. The van der Waals surface area contributed by atoms with Crippen molar-refractivity contribution >= 4 is 17.5 Å². The molecule has 1 fully saturated rings. The van der Waals surface area contributed by atoms with Gasteiger partial charge in [-0.15, -0.1) is 0 Å². The van der Waals surface area contributed by atoms with Crippen LogP contribution in [0.2, 0.25) is 5.02 Å². The lowest BCUT2D eigenvalue weighted by Gasteiger charge is -2.31. The van der Waals surface area contributed by atoms with Gasteiger partial charge in [-0.3, -0.25) is 4.79 Å². The lowest BCUT2D eigenvalue weighted by Crippen LogP contribution is -2.49. The van der Waals surface area contributed by atoms with Crippen LogP contribution < -0.4 is 19.5 Å². The van der Waals surface area contributed by atoms with Crippen molar-refractivity contribution in [1.82, 2.24) is 15.3 Å². The van der Waals surface area contributed by atoms with Crippen molar-refractivity contribution in [1.29, 1.82) is 0 Å². The van der Waals surface area contributed by atoms with Crippen LogP contribution in [0.1, 0.15) is 25.7 Å². The lowest BCUT2D eigenvalue weighted by molar-refractivity contribution is -0.131. The minimum atomic E-state index is -0.628. The molecule has 1 aliphatic heterocycles. The molecule has 2 heterocycles. The number of aromatic nitrogens is 2. The second-order valence-corrected chi connectivity index (χ2v) is 7.08. The van der Waals surface area contributed by atoms with Crippen LogP contribution in [0.3, 0.4) is 0 Å². The SMILES string of the molecule is O=C(NC1CCC(Oc2ncc(Cl)cn2)CC1)C1COc2ccccc2O1. The number of nitrogens with one attached hydrogen (secondary N) is 1. The summed E-state index contributed by atoms with van der Waals surface area (Å²) in [7, 11) is 0. The molecule has 7 nitrogen and oxygen atoms in total. The smallest absolute Gasteiger partial charge is 0.316 e. The van der Waals surface area contributed by atoms with E-state index in [1.165, 1.54) is 12.4 Å². The molecule has 1 aliphatic carbocycles. The summed E-state index contributed by atoms with van der Waals surface area (Å²) in [5, 5.41) is 3.54. The maximum absolute atomic E-state index is 12.5. The Bertz CT molecular complexity index is 794. The van der Waals surface area contributed by atoms with Crippen molar-refractivity contribution < 1.29 is 19.0 Å². The van der Waals surface area contributed by atoms with Crippen LogP contribution in [-0.4, -0.2) is 40.7 Å². The quantitative estimate of drug-likeness (QED) is 0.865. The van der Waals surface area contributed by atoms with Gasteiger partial charge in [0.2, 0.25) is 6.10 Å². The fourth-order valence-corrected chi connectivity index (χ4v) is 3.38. The number of carbonyl (C=O) groups excluding carboxylic acids is 1. The van der Waals surface area contributed by atoms with Crippen molar-refractivity contribution in [3.63, 3.8) is 0 Å². The topological polar surface area (TPSA) is 82.6 Å². The standard InChI is InChI=1S/C19H20ClN3O4/c20-12-9-21-19(22-10-12)26-14-7-5-13(6-8-14)23-18(24)17-11-25-15-3-1-2-4-16(15)27-17/h1-4,9-10,13-14,17H,5-8,11H2,(H,23,24). The van der Waals surface area contributed by atoms with Gasteiger partial charge in [-0.25, -0.2) is 9.97 Å². The molecule has 0 radical (unpaired) electrons. The van der Waals surface area contributed by atoms with Gasteiger partial charge in [0.05, 0.1) is 17.4 Å². The molecule has 1 saturated carbocycles. The van der Waals surface area contributed by atoms with Gasteiger partial charge in [0.25, 0.3) is 5.91 Å². The first kappa shape index (κ1) is 17.9. The fraction of sp³-hybridized carbons (Fsp3) is 0.421. The Morgan fingerprint density at radius 1 is 1.11 bits per heavy atom. The van der Waals surface area contributed by atoms with E-state index in [0.29, 0.717) is 22.5 Å². The third-order valence-electron chi connectivity index (χ3n) is 4.69. The molecule has 4 rings (SSSR count). The number of amides is 1. The van der Waals surface area contributed by atoms with E-state index < -0.39 is 6.10 Å². The number of para-hydroxylation sites is 2. The van der Waals surface area contributed by atoms with Gasteiger partial charge in [0, 0.05) is 6.04 Å². The van der Waals surface area contributed by atoms with Gasteiger partial charge < -0.3 is 19.5 Å². The van der Waals surface area contributed by atoms with Crippen molar-refractivity contribution in [2.24, 2.45) is 0 Å². The Balaban J connectivity index is 1.24. The van der Waals surface area contributed by atoms with Crippen LogP contribution in [0.5, 0.6) is 17.5 Å². The second kappa shape index (κ2) is 8.00. The molecule has 0 spiro atoms. The molecular weight excluding hydrogens is 370 g/mol. The van der Waals surface area contributed by atoms with Crippen molar-refractivity contribution in [3.8, 4) is 17.5 Å². The molecule has 1 amide bonds. The van der Waals surface area contributed by atoms with Crippen LogP contribution in [0.25, 0.3) is 0 Å². The number of fused-ring (bicyclic) bond motifs is 1. The number of benzene rings is 1. The zero-order valence-corrected chi connectivity index (χ0v) is 15.4. The molecule has 1 N–H and O–H groups in total. The third-order valence-corrected chi connectivity index (χ3v) is 4.89. The number of hydrogen-bond donors (Lipinski definition) is 1. The molecule has 1 unspecified atom stereocenters. The Morgan fingerprint density at radius 2 is 1.81 bits per heavy atom. The van der Waals surface area contributed by atoms with E-state index in [1.54, 1.807) is 6.07 Å². The first-order valence-corrected chi connectivity index (χ1v) is 9.38. The van der Waals surface area contributed by atoms with Gasteiger partial charge in [0.15, 0.2) is 11.5 Å². The number of rotatable bonds is 4. The van der Waals surface area contributed by atoms with Gasteiger partial charge in [-0.1, -0.05) is 23.7 Å². The number of carbonyl (C=O) groups is 1. The molecular formula is C19H20ClN3O4. The van der Waals surface area contributed by atoms with E-state index in [1.807, 2.05) is 18.2 Å². The molecule has 1 aromatic heterocycles. The number of hydrogen-bond acceptors (Lipinski definition) is 6. The Labute approximate surface area is 162 Å². The number of ether oxygens (including phenoxy) is 3. The van der Waals surface area contributed by atoms with E-state index in [4.69, 9.17) is 25.8 Å². The summed E-state index contributed by atoms with van der Waals surface area (Å²) in [4.78, 5) is 20.6. The van der Waals surface area contributed by atoms with E-state index in [-0.39, 0.29) is 24.7 Å². The molecule has 0 saturated heterocycles. The van der Waals surface area contributed by atoms with Crippen LogP contribution >= 0.6 is 11.6 Å². The predicted molar refractivity (Wildman–Crippen MR) is 98.2 cm³/mol. The highest BCUT2D eigenvalue weighted by Gasteiger charge is 2.30. The molecule has 0 bridgehead atoms. The molecule has 1 atom stereocenters. The van der Waals surface area contributed by atoms with Crippen LogP contribution in [0.4, 0.5) is 0 Å². The summed E-state index contributed by atoms with van der Waals surface area (Å²) in [5.41, 5.74) is 0. The molecule has 8 heteroatoms. The van der Waals surface area contributed by atoms with E-state index >= 15 is 0 Å². The Morgan fingerprint density at radius 3 is 2.56 bits per heavy atom. The third kappa shape index (κ3) is 4.42. The molecule has 1 aromatic carbocycles. The number of halogens is 1. The van der Waals surface area contributed by atoms with E-state index in [0.717, 1.165) is 25.7 Å². The Hall–Kier alpha value is -2.54. The molecule has 142 valence electrons. The molecule has 2 aliphatic rings. The zero-order valence-electron chi connectivity index (χ0n) is 14.6. The number of nitrogens with zero attached hydrogens (tertiary/aromatic N) is 2. The maximum Gasteiger partial charge on any atom is 0.316 e. The average Bonchev–Trinajstić information content (AvgIpc) is 2.71. The summed E-state index contributed by atoms with van der Waals surface area (Å²) in [5.74, 6) is 1.13. The van der Waals surface area contributed by atoms with Gasteiger partial charge in [0.1, 0.15) is 12.7 Å². The van der Waals surface area contributed by atoms with Gasteiger partial charge >= 0.3 is 6.01 Å². The highest BCUT2D eigenvalue weighted by molar-refractivity contribution is 6.30. The average molecular weight is 390 g/mol. The maximum atomic E-state index is 12.5. The zero-order chi connectivity index (χ0) is 18.6. The van der Waals surface area contributed by atoms with Crippen molar-refractivity contribution in [2.45, 2.75) is 43.9 Å². The highest BCUT2D eigenvalue weighted by atomic mass is 35.5. The Kier molecular flexibility index (Phi) is 5.29. The first-order chi connectivity index (χ1) is 13.2. The highest BCUT2D eigenvalue weighted by Crippen LogP contribution is 2.31. The van der Waals surface area contributed by atoms with E-state index in [2.05, 4.69) is 15.3 Å². The minimum absolute atomic E-state index is 0.0421. The minimum Gasteiger partial charge on any atom is -0.485 e. The van der Waals surface area contributed by atoms with Crippen LogP contribution in [-0.2, 0) is 4.79 Å². The predicted octanol–water partition coefficient (Wildman–Crippen LogP) is 2.78. The van der Waals surface area contributed by atoms with Crippen molar-refractivity contribution in [2.75, 3.05) is 6.61 Å². The second-order valence-electron chi connectivity index (χ2n) is 6.65. The van der Waals surface area contributed by atoms with Gasteiger partial charge in [-0.05, 0) is 37.8 Å². The fourth-order valence-electron chi connectivity index (χ4n) is 3.28. The summed E-state index contributed by atoms with van der Waals surface area (Å²) >= 11 is 5.77. The van der Waals surface area contributed by atoms with Crippen LogP contribution in [0, 0.1) is 0 Å². The molecule has 2 aromatic rings. The van der Waals surface area contributed by atoms with Crippen molar-refractivity contribution in [3.05, 3.63) is 41.7 Å². The summed E-state index contributed by atoms with van der Waals surface area (Å²) in [6.45, 7) is 0.217. The lowest BCUT2D eigenvalue weighted by atomic mass is 9.93. The van der Waals surface area contributed by atoms with E-state index in [9.17, 15) is 4.79 Å². The normalized spacial score (nSPS) is 24.1. The summed E-state index contributed by atoms with van der Waals surface area (Å²) in [6.07, 6.45) is 5.74. The first-order valence-electron chi connectivity index (χ1n) is 9.00. The summed E-state index contributed by atoms with van der Waals surface area (Å²) in [6, 6.07) is 7.79. The monoisotopic (exact) mass is 389 g/mol. The largest absolute Gasteiger partial charge is 0.485 e. The van der Waals surface area contributed by atoms with Crippen LogP contribution in [0.15, 0.2) is 36.7 Å². The van der Waals surface area contributed by atoms with Gasteiger partial charge in [-0.2, -0.15) is 0 Å². The summed E-state index contributed by atoms with van der Waals surface area (Å²) < 4.78 is 17.1.